The second-order valence-electron chi connectivity index (χ2n) is 11.0. The van der Waals surface area contributed by atoms with Crippen molar-refractivity contribution in [2.45, 2.75) is 41.7 Å². The fourth-order valence-corrected chi connectivity index (χ4v) is 7.64. The minimum absolute atomic E-state index is 0. The van der Waals surface area contributed by atoms with Crippen LogP contribution in [0.15, 0.2) is 65.6 Å². The van der Waals surface area contributed by atoms with E-state index in [1.54, 1.807) is 33.1 Å². The van der Waals surface area contributed by atoms with Crippen LogP contribution in [0.4, 0.5) is 5.69 Å². The average Bonchev–Trinajstić information content (AvgIpc) is 3.06. The Morgan fingerprint density at radius 2 is 1.64 bits per heavy atom. The van der Waals surface area contributed by atoms with Crippen LogP contribution in [0.25, 0.3) is 0 Å². The molecule has 4 rings (SSSR count). The number of para-hydroxylation sites is 1. The molecule has 0 saturated heterocycles. The average molecular weight is 675 g/mol. The number of hydrogen-bond donors (Lipinski definition) is 0. The van der Waals surface area contributed by atoms with E-state index < -0.39 is 4.75 Å². The van der Waals surface area contributed by atoms with Gasteiger partial charge in [0.1, 0.15) is 16.2 Å². The molecule has 0 spiro atoms. The molecule has 0 aromatic heterocycles. The zero-order chi connectivity index (χ0) is 31.5. The molecule has 0 saturated carbocycles. The van der Waals surface area contributed by atoms with Gasteiger partial charge in [0.2, 0.25) is 5.91 Å². The standard InChI is InChI=1S/C35H46N2O5S2.ClH/c1-36(21-18-26-14-16-31(40-4)32(24-26)41-5)20-11-22-42-30-17-15-27(39-3)25-28(30)35(19-9-10-23-43-6)34(38)37(2)29-12-7-8-13-33(29)44-35;/h7-8,12-17,24-25H,9-11,18-23H2,1-6H3;1H. The van der Waals surface area contributed by atoms with E-state index in [4.69, 9.17) is 18.9 Å². The zero-order valence-corrected chi connectivity index (χ0v) is 29.7. The third-order valence-corrected chi connectivity index (χ3v) is 10.3. The highest BCUT2D eigenvalue weighted by Gasteiger charge is 2.48. The van der Waals surface area contributed by atoms with Gasteiger partial charge in [-0.2, -0.15) is 11.8 Å². The second kappa shape index (κ2) is 17.8. The first kappa shape index (κ1) is 36.7. The van der Waals surface area contributed by atoms with E-state index in [9.17, 15) is 4.79 Å². The molecular formula is C35H47ClN2O5S2. The monoisotopic (exact) mass is 674 g/mol. The van der Waals surface area contributed by atoms with Crippen molar-refractivity contribution in [1.29, 1.82) is 0 Å². The molecule has 1 amide bonds. The maximum absolute atomic E-state index is 14.3. The van der Waals surface area contributed by atoms with Crippen molar-refractivity contribution >= 4 is 47.5 Å². The molecule has 0 N–H and O–H groups in total. The molecule has 0 radical (unpaired) electrons. The predicted molar refractivity (Wildman–Crippen MR) is 191 cm³/mol. The molecule has 1 unspecified atom stereocenters. The van der Waals surface area contributed by atoms with Crippen LogP contribution in [-0.4, -0.2) is 77.9 Å². The Balaban J connectivity index is 0.00000552. The maximum Gasteiger partial charge on any atom is 0.248 e. The zero-order valence-electron chi connectivity index (χ0n) is 27.3. The highest BCUT2D eigenvalue weighted by Crippen LogP contribution is 2.55. The Hall–Kier alpha value is -2.72. The van der Waals surface area contributed by atoms with Crippen molar-refractivity contribution < 1.29 is 23.7 Å². The Morgan fingerprint density at radius 1 is 0.889 bits per heavy atom. The highest BCUT2D eigenvalue weighted by molar-refractivity contribution is 8.01. The van der Waals surface area contributed by atoms with Gasteiger partial charge < -0.3 is 28.7 Å². The minimum atomic E-state index is -0.804. The Bertz CT molecular complexity index is 1390. The fraction of sp³-hybridized carbons (Fsp3) is 0.457. The van der Waals surface area contributed by atoms with Crippen molar-refractivity contribution in [1.82, 2.24) is 4.90 Å². The molecule has 3 aromatic rings. The number of nitrogens with zero attached hydrogens (tertiary/aromatic N) is 2. The van der Waals surface area contributed by atoms with Crippen LogP contribution in [0.3, 0.4) is 0 Å². The van der Waals surface area contributed by atoms with Crippen molar-refractivity contribution in [3.63, 3.8) is 0 Å². The third kappa shape index (κ3) is 8.97. The fourth-order valence-electron chi connectivity index (χ4n) is 5.58. The number of thioether (sulfide) groups is 2. The van der Waals surface area contributed by atoms with E-state index in [1.165, 1.54) is 5.56 Å². The number of carbonyl (C=O) groups is 1. The first-order valence-electron chi connectivity index (χ1n) is 15.1. The highest BCUT2D eigenvalue weighted by atomic mass is 35.5. The number of methoxy groups -OCH3 is 3. The number of unbranched alkanes of at least 4 members (excludes halogenated alkanes) is 1. The van der Waals surface area contributed by atoms with Crippen LogP contribution >= 0.6 is 35.9 Å². The molecule has 45 heavy (non-hydrogen) atoms. The SMILES string of the molecule is COc1ccc(OCCCN(C)CCc2ccc(OC)c(OC)c2)c(C2(CCCCSC)Sc3ccccc3N(C)C2=O)c1.Cl. The molecule has 1 heterocycles. The molecule has 0 bridgehead atoms. The summed E-state index contributed by atoms with van der Waals surface area (Å²) in [6.07, 6.45) is 6.61. The lowest BCUT2D eigenvalue weighted by atomic mass is 9.89. The van der Waals surface area contributed by atoms with Gasteiger partial charge in [0.05, 0.1) is 33.6 Å². The number of fused-ring (bicyclic) bond motifs is 1. The molecule has 1 aliphatic heterocycles. The molecule has 0 fully saturated rings. The van der Waals surface area contributed by atoms with Crippen molar-refractivity contribution in [3.05, 3.63) is 71.8 Å². The van der Waals surface area contributed by atoms with Crippen molar-refractivity contribution in [2.75, 3.05) is 72.0 Å². The van der Waals surface area contributed by atoms with E-state index >= 15 is 0 Å². The van der Waals surface area contributed by atoms with E-state index in [0.717, 1.165) is 90.1 Å². The molecule has 7 nitrogen and oxygen atoms in total. The lowest BCUT2D eigenvalue weighted by molar-refractivity contribution is -0.121. The van der Waals surface area contributed by atoms with Crippen LogP contribution in [0.5, 0.6) is 23.0 Å². The first-order chi connectivity index (χ1) is 21.4. The Morgan fingerprint density at radius 3 is 2.38 bits per heavy atom. The number of likely N-dealkylation sites (N-methyl/N-ethyl adjacent to an activating group) is 2. The Labute approximate surface area is 283 Å². The number of halogens is 1. The van der Waals surface area contributed by atoms with Gasteiger partial charge in [-0.3, -0.25) is 4.79 Å². The summed E-state index contributed by atoms with van der Waals surface area (Å²) in [5.41, 5.74) is 3.04. The topological polar surface area (TPSA) is 60.5 Å². The van der Waals surface area contributed by atoms with Gasteiger partial charge in [0.15, 0.2) is 11.5 Å². The summed E-state index contributed by atoms with van der Waals surface area (Å²) in [7, 11) is 9.00. The van der Waals surface area contributed by atoms with E-state index in [1.807, 2.05) is 72.2 Å². The van der Waals surface area contributed by atoms with Gasteiger partial charge >= 0.3 is 0 Å². The van der Waals surface area contributed by atoms with Crippen LogP contribution in [0, 0.1) is 0 Å². The summed E-state index contributed by atoms with van der Waals surface area (Å²) in [6, 6.07) is 20.1. The second-order valence-corrected chi connectivity index (χ2v) is 13.3. The number of ether oxygens (including phenoxy) is 4. The maximum atomic E-state index is 14.3. The number of hydrogen-bond acceptors (Lipinski definition) is 8. The smallest absolute Gasteiger partial charge is 0.248 e. The number of rotatable bonds is 17. The molecule has 1 aliphatic rings. The van der Waals surface area contributed by atoms with E-state index in [-0.39, 0.29) is 18.3 Å². The minimum Gasteiger partial charge on any atom is -0.497 e. The number of anilines is 1. The lowest BCUT2D eigenvalue weighted by Gasteiger charge is -2.41. The van der Waals surface area contributed by atoms with Crippen molar-refractivity contribution in [3.8, 4) is 23.0 Å². The summed E-state index contributed by atoms with van der Waals surface area (Å²) in [5.74, 6) is 4.12. The van der Waals surface area contributed by atoms with Gasteiger partial charge in [0, 0.05) is 30.6 Å². The first-order valence-corrected chi connectivity index (χ1v) is 17.3. The number of amides is 1. The molecule has 10 heteroatoms. The summed E-state index contributed by atoms with van der Waals surface area (Å²) >= 11 is 3.50. The van der Waals surface area contributed by atoms with Crippen LogP contribution in [0.1, 0.15) is 36.8 Å². The van der Waals surface area contributed by atoms with Gasteiger partial charge in [-0.05, 0) is 92.8 Å². The molecule has 3 aromatic carbocycles. The van der Waals surface area contributed by atoms with Gasteiger partial charge in [-0.15, -0.1) is 24.2 Å². The molecule has 246 valence electrons. The summed E-state index contributed by atoms with van der Waals surface area (Å²) < 4.78 is 22.1. The summed E-state index contributed by atoms with van der Waals surface area (Å²) in [5, 5.41) is 0. The van der Waals surface area contributed by atoms with E-state index in [2.05, 4.69) is 30.3 Å². The van der Waals surface area contributed by atoms with Crippen molar-refractivity contribution in [2.24, 2.45) is 0 Å². The summed E-state index contributed by atoms with van der Waals surface area (Å²) in [4.78, 5) is 19.5. The molecular weight excluding hydrogens is 628 g/mol. The number of carbonyl (C=O) groups excluding carboxylic acids is 1. The largest absolute Gasteiger partial charge is 0.497 e. The molecule has 0 aliphatic carbocycles. The van der Waals surface area contributed by atoms with Crippen LogP contribution in [-0.2, 0) is 16.0 Å². The van der Waals surface area contributed by atoms with Crippen LogP contribution < -0.4 is 23.8 Å². The predicted octanol–water partition coefficient (Wildman–Crippen LogP) is 7.57. The third-order valence-electron chi connectivity index (χ3n) is 8.08. The number of benzene rings is 3. The van der Waals surface area contributed by atoms with Crippen LogP contribution in [0.2, 0.25) is 0 Å². The Kier molecular flexibility index (Phi) is 14.6. The van der Waals surface area contributed by atoms with Gasteiger partial charge in [-0.25, -0.2) is 0 Å². The van der Waals surface area contributed by atoms with Gasteiger partial charge in [-0.1, -0.05) is 24.6 Å². The lowest BCUT2D eigenvalue weighted by Crippen LogP contribution is -2.46. The quantitative estimate of drug-likeness (QED) is 0.136. The summed E-state index contributed by atoms with van der Waals surface area (Å²) in [6.45, 7) is 2.36. The normalized spacial score (nSPS) is 15.8. The molecule has 1 atom stereocenters. The van der Waals surface area contributed by atoms with E-state index in [0.29, 0.717) is 6.61 Å². The van der Waals surface area contributed by atoms with Gasteiger partial charge in [0.25, 0.3) is 0 Å².